The number of aromatic amines is 1. The molecule has 130 valence electrons. The molecule has 1 saturated carbocycles. The van der Waals surface area contributed by atoms with Crippen molar-refractivity contribution in [3.8, 4) is 0 Å². The number of carbonyl (C=O) groups is 1. The number of nitrogens with one attached hydrogen (secondary N) is 1. The van der Waals surface area contributed by atoms with Crippen LogP contribution in [0.1, 0.15) is 43.7 Å². The number of hydrogen-bond donors (Lipinski definition) is 2. The molecule has 0 radical (unpaired) electrons. The molecule has 0 bridgehead atoms. The van der Waals surface area contributed by atoms with Crippen molar-refractivity contribution in [1.29, 1.82) is 0 Å². The van der Waals surface area contributed by atoms with E-state index >= 15 is 0 Å². The second-order valence-corrected chi connectivity index (χ2v) is 7.05. The first-order chi connectivity index (χ1) is 11.6. The van der Waals surface area contributed by atoms with Crippen LogP contribution in [0.5, 0.6) is 0 Å². The average molecular weight is 328 g/mol. The van der Waals surface area contributed by atoms with Crippen LogP contribution < -0.4 is 0 Å². The standard InChI is InChI=1S/C20H28N2O2/c1-3-15-5-4-6-18-16(12-21-20(15)18)11-19(24)22(2)17-9-7-14(13-23)8-10-17/h4-6,12,14,17,21,23H,3,7-11,13H2,1-2H3. The van der Waals surface area contributed by atoms with Gasteiger partial charge in [0.05, 0.1) is 6.42 Å². The molecule has 1 amide bonds. The molecule has 4 heteroatoms. The number of aromatic nitrogens is 1. The fourth-order valence-electron chi connectivity index (χ4n) is 3.92. The van der Waals surface area contributed by atoms with Gasteiger partial charge in [-0.15, -0.1) is 0 Å². The van der Waals surface area contributed by atoms with Gasteiger partial charge in [-0.2, -0.15) is 0 Å². The van der Waals surface area contributed by atoms with Gasteiger partial charge in [-0.1, -0.05) is 25.1 Å². The molecule has 24 heavy (non-hydrogen) atoms. The number of aryl methyl sites for hydroxylation is 1. The topological polar surface area (TPSA) is 56.3 Å². The van der Waals surface area contributed by atoms with Gasteiger partial charge in [0.25, 0.3) is 0 Å². The van der Waals surface area contributed by atoms with Crippen LogP contribution in [0.3, 0.4) is 0 Å². The van der Waals surface area contributed by atoms with Gasteiger partial charge in [0.2, 0.25) is 5.91 Å². The molecule has 0 saturated heterocycles. The maximum atomic E-state index is 12.7. The summed E-state index contributed by atoms with van der Waals surface area (Å²) in [6.45, 7) is 2.43. The number of aliphatic hydroxyl groups is 1. The Balaban J connectivity index is 1.69. The molecule has 0 atom stereocenters. The summed E-state index contributed by atoms with van der Waals surface area (Å²) in [7, 11) is 1.93. The zero-order valence-electron chi connectivity index (χ0n) is 14.7. The minimum atomic E-state index is 0.185. The molecular weight excluding hydrogens is 300 g/mol. The summed E-state index contributed by atoms with van der Waals surface area (Å²) in [5, 5.41) is 10.4. The van der Waals surface area contributed by atoms with Crippen molar-refractivity contribution in [1.82, 2.24) is 9.88 Å². The van der Waals surface area contributed by atoms with Crippen LogP contribution in [0.2, 0.25) is 0 Å². The highest BCUT2D eigenvalue weighted by Gasteiger charge is 2.26. The first kappa shape index (κ1) is 17.0. The van der Waals surface area contributed by atoms with Crippen LogP contribution in [0.25, 0.3) is 10.9 Å². The van der Waals surface area contributed by atoms with E-state index in [2.05, 4.69) is 30.1 Å². The van der Waals surface area contributed by atoms with E-state index in [1.54, 1.807) is 0 Å². The molecule has 1 aliphatic carbocycles. The van der Waals surface area contributed by atoms with Crippen molar-refractivity contribution < 1.29 is 9.90 Å². The van der Waals surface area contributed by atoms with Gasteiger partial charge in [-0.05, 0) is 49.1 Å². The lowest BCUT2D eigenvalue weighted by molar-refractivity contribution is -0.132. The largest absolute Gasteiger partial charge is 0.396 e. The zero-order valence-corrected chi connectivity index (χ0v) is 14.7. The number of likely N-dealkylation sites (N-methyl/N-ethyl adjacent to an activating group) is 1. The summed E-state index contributed by atoms with van der Waals surface area (Å²) in [5.74, 6) is 0.607. The van der Waals surface area contributed by atoms with Gasteiger partial charge in [-0.3, -0.25) is 4.79 Å². The predicted octanol–water partition coefficient (Wildman–Crippen LogP) is 3.28. The summed E-state index contributed by atoms with van der Waals surface area (Å²) in [6.07, 6.45) is 7.46. The number of hydrogen-bond acceptors (Lipinski definition) is 2. The maximum Gasteiger partial charge on any atom is 0.227 e. The van der Waals surface area contributed by atoms with E-state index in [4.69, 9.17) is 0 Å². The Kier molecular flexibility index (Phi) is 5.24. The monoisotopic (exact) mass is 328 g/mol. The lowest BCUT2D eigenvalue weighted by Gasteiger charge is -2.34. The van der Waals surface area contributed by atoms with E-state index in [9.17, 15) is 9.90 Å². The van der Waals surface area contributed by atoms with Gasteiger partial charge >= 0.3 is 0 Å². The van der Waals surface area contributed by atoms with Gasteiger partial charge in [-0.25, -0.2) is 0 Å². The fourth-order valence-corrected chi connectivity index (χ4v) is 3.92. The number of H-pyrrole nitrogens is 1. The summed E-state index contributed by atoms with van der Waals surface area (Å²) in [4.78, 5) is 18.0. The first-order valence-electron chi connectivity index (χ1n) is 9.08. The molecule has 1 fully saturated rings. The third-order valence-electron chi connectivity index (χ3n) is 5.63. The number of aliphatic hydroxyl groups excluding tert-OH is 1. The number of rotatable bonds is 5. The summed E-state index contributed by atoms with van der Waals surface area (Å²) < 4.78 is 0. The molecule has 1 aromatic carbocycles. The van der Waals surface area contributed by atoms with E-state index in [0.29, 0.717) is 18.4 Å². The Bertz CT molecular complexity index is 699. The summed E-state index contributed by atoms with van der Waals surface area (Å²) in [6, 6.07) is 6.62. The Morgan fingerprint density at radius 3 is 2.67 bits per heavy atom. The highest BCUT2D eigenvalue weighted by Crippen LogP contribution is 2.28. The van der Waals surface area contributed by atoms with E-state index < -0.39 is 0 Å². The highest BCUT2D eigenvalue weighted by atomic mass is 16.3. The SMILES string of the molecule is CCc1cccc2c(CC(=O)N(C)C3CCC(CO)CC3)c[nH]c12. The summed E-state index contributed by atoms with van der Waals surface area (Å²) in [5.41, 5.74) is 3.54. The minimum Gasteiger partial charge on any atom is -0.396 e. The predicted molar refractivity (Wildman–Crippen MR) is 97.0 cm³/mol. The van der Waals surface area contributed by atoms with Crippen molar-refractivity contribution in [2.75, 3.05) is 13.7 Å². The van der Waals surface area contributed by atoms with Crippen molar-refractivity contribution >= 4 is 16.8 Å². The number of fused-ring (bicyclic) bond motifs is 1. The van der Waals surface area contributed by atoms with Crippen LogP contribution in [0.4, 0.5) is 0 Å². The van der Waals surface area contributed by atoms with E-state index in [0.717, 1.165) is 43.2 Å². The molecule has 1 heterocycles. The molecular formula is C20H28N2O2. The fraction of sp³-hybridized carbons (Fsp3) is 0.550. The summed E-state index contributed by atoms with van der Waals surface area (Å²) >= 11 is 0. The third kappa shape index (κ3) is 3.34. The number of benzene rings is 1. The van der Waals surface area contributed by atoms with Crippen molar-refractivity contribution in [2.24, 2.45) is 5.92 Å². The molecule has 2 aromatic rings. The number of amides is 1. The normalized spacial score (nSPS) is 21.1. The average Bonchev–Trinajstić information content (AvgIpc) is 3.04. The van der Waals surface area contributed by atoms with E-state index in [1.807, 2.05) is 18.1 Å². The van der Waals surface area contributed by atoms with Gasteiger partial charge < -0.3 is 15.0 Å². The van der Waals surface area contributed by atoms with Crippen LogP contribution in [-0.2, 0) is 17.6 Å². The lowest BCUT2D eigenvalue weighted by atomic mass is 9.86. The third-order valence-corrected chi connectivity index (χ3v) is 5.63. The maximum absolute atomic E-state index is 12.7. The Morgan fingerprint density at radius 1 is 1.25 bits per heavy atom. The molecule has 4 nitrogen and oxygen atoms in total. The molecule has 3 rings (SSSR count). The van der Waals surface area contributed by atoms with Crippen LogP contribution in [0.15, 0.2) is 24.4 Å². The first-order valence-corrected chi connectivity index (χ1v) is 9.08. The minimum absolute atomic E-state index is 0.185. The van der Waals surface area contributed by atoms with Gasteiger partial charge in [0, 0.05) is 36.8 Å². The molecule has 0 spiro atoms. The van der Waals surface area contributed by atoms with Crippen LogP contribution in [-0.4, -0.2) is 40.6 Å². The molecule has 1 aromatic heterocycles. The second-order valence-electron chi connectivity index (χ2n) is 7.05. The Hall–Kier alpha value is -1.81. The van der Waals surface area contributed by atoms with Crippen LogP contribution in [0, 0.1) is 5.92 Å². The smallest absolute Gasteiger partial charge is 0.227 e. The molecule has 2 N–H and O–H groups in total. The van der Waals surface area contributed by atoms with E-state index in [-0.39, 0.29) is 12.5 Å². The highest BCUT2D eigenvalue weighted by molar-refractivity contribution is 5.90. The van der Waals surface area contributed by atoms with E-state index in [1.165, 1.54) is 10.9 Å². The second kappa shape index (κ2) is 7.39. The zero-order chi connectivity index (χ0) is 17.1. The Labute approximate surface area is 143 Å². The number of carbonyl (C=O) groups excluding carboxylic acids is 1. The van der Waals surface area contributed by atoms with Crippen molar-refractivity contribution in [2.45, 2.75) is 51.5 Å². The van der Waals surface area contributed by atoms with Gasteiger partial charge in [0.1, 0.15) is 0 Å². The van der Waals surface area contributed by atoms with Crippen molar-refractivity contribution in [3.05, 3.63) is 35.5 Å². The number of nitrogens with zero attached hydrogens (tertiary/aromatic N) is 1. The molecule has 0 unspecified atom stereocenters. The quantitative estimate of drug-likeness (QED) is 0.885. The Morgan fingerprint density at radius 2 is 2.00 bits per heavy atom. The number of para-hydroxylation sites is 1. The van der Waals surface area contributed by atoms with Crippen LogP contribution >= 0.6 is 0 Å². The van der Waals surface area contributed by atoms with Crippen molar-refractivity contribution in [3.63, 3.8) is 0 Å². The van der Waals surface area contributed by atoms with Gasteiger partial charge in [0.15, 0.2) is 0 Å². The lowest BCUT2D eigenvalue weighted by Crippen LogP contribution is -2.40. The molecule has 1 aliphatic rings. The molecule has 0 aliphatic heterocycles.